The summed E-state index contributed by atoms with van der Waals surface area (Å²) in [5, 5.41) is 9.59. The Kier molecular flexibility index (Phi) is 4.93. The largest absolute Gasteiger partial charge is 0.349 e. The first-order valence-corrected chi connectivity index (χ1v) is 7.38. The molecule has 1 saturated carbocycles. The molecular formula is C14H24N4O. The van der Waals surface area contributed by atoms with E-state index in [0.717, 1.165) is 37.0 Å². The van der Waals surface area contributed by atoms with Gasteiger partial charge in [0.15, 0.2) is 0 Å². The van der Waals surface area contributed by atoms with Crippen molar-refractivity contribution in [3.05, 3.63) is 11.6 Å². The Morgan fingerprint density at radius 2 is 2.32 bits per heavy atom. The van der Waals surface area contributed by atoms with Gasteiger partial charge in [-0.15, -0.1) is 5.10 Å². The summed E-state index contributed by atoms with van der Waals surface area (Å²) in [5.41, 5.74) is 0. The molecule has 5 heteroatoms. The number of carbonyl (C=O) groups is 1. The zero-order valence-electron chi connectivity index (χ0n) is 11.9. The lowest BCUT2D eigenvalue weighted by molar-refractivity contribution is 0.0939. The monoisotopic (exact) mass is 264 g/mol. The molecule has 0 aliphatic heterocycles. The first-order valence-electron chi connectivity index (χ1n) is 7.38. The molecule has 2 rings (SSSR count). The van der Waals surface area contributed by atoms with Crippen molar-refractivity contribution in [3.63, 3.8) is 0 Å². The summed E-state index contributed by atoms with van der Waals surface area (Å²) in [7, 11) is 0. The summed E-state index contributed by atoms with van der Waals surface area (Å²) < 4.78 is 0. The first-order chi connectivity index (χ1) is 9.19. The van der Waals surface area contributed by atoms with Gasteiger partial charge in [-0.1, -0.05) is 33.1 Å². The van der Waals surface area contributed by atoms with Crippen LogP contribution in [0.25, 0.3) is 0 Å². The Labute approximate surface area is 114 Å². The van der Waals surface area contributed by atoms with Crippen molar-refractivity contribution in [2.75, 3.05) is 6.54 Å². The van der Waals surface area contributed by atoms with Crippen molar-refractivity contribution >= 4 is 5.91 Å². The van der Waals surface area contributed by atoms with Gasteiger partial charge in [0.1, 0.15) is 5.82 Å². The Hall–Kier alpha value is -1.39. The average molecular weight is 264 g/mol. The highest BCUT2D eigenvalue weighted by molar-refractivity contribution is 5.90. The van der Waals surface area contributed by atoms with E-state index < -0.39 is 0 Å². The number of carbonyl (C=O) groups excluding carboxylic acids is 1. The number of hydrogen-bond donors (Lipinski definition) is 2. The average Bonchev–Trinajstić information content (AvgIpc) is 2.87. The molecule has 0 saturated heterocycles. The van der Waals surface area contributed by atoms with Gasteiger partial charge in [0, 0.05) is 13.0 Å². The maximum Gasteiger partial charge on any atom is 0.290 e. The second-order valence-corrected chi connectivity index (χ2v) is 5.64. The minimum Gasteiger partial charge on any atom is -0.349 e. The molecule has 1 amide bonds. The zero-order chi connectivity index (χ0) is 13.7. The lowest BCUT2D eigenvalue weighted by atomic mass is 9.81. The normalized spacial score (nSPS) is 23.3. The van der Waals surface area contributed by atoms with Gasteiger partial charge in [0.25, 0.3) is 5.91 Å². The molecule has 0 bridgehead atoms. The second kappa shape index (κ2) is 6.68. The molecule has 19 heavy (non-hydrogen) atoms. The van der Waals surface area contributed by atoms with Crippen LogP contribution in [-0.4, -0.2) is 27.6 Å². The number of aromatic amines is 1. The number of nitrogens with one attached hydrogen (secondary N) is 2. The van der Waals surface area contributed by atoms with E-state index in [9.17, 15) is 4.79 Å². The highest BCUT2D eigenvalue weighted by Crippen LogP contribution is 2.30. The maximum atomic E-state index is 11.8. The van der Waals surface area contributed by atoms with Crippen LogP contribution in [0.15, 0.2) is 0 Å². The van der Waals surface area contributed by atoms with Gasteiger partial charge in [-0.2, -0.15) is 0 Å². The van der Waals surface area contributed by atoms with E-state index in [1.807, 2.05) is 6.92 Å². The predicted octanol–water partition coefficient (Wildman–Crippen LogP) is 2.31. The number of hydrogen-bond acceptors (Lipinski definition) is 3. The second-order valence-electron chi connectivity index (χ2n) is 5.64. The van der Waals surface area contributed by atoms with E-state index in [4.69, 9.17) is 0 Å². The fourth-order valence-electron chi connectivity index (χ4n) is 2.85. The minimum absolute atomic E-state index is 0.167. The van der Waals surface area contributed by atoms with Crippen molar-refractivity contribution in [1.82, 2.24) is 20.5 Å². The van der Waals surface area contributed by atoms with Gasteiger partial charge < -0.3 is 5.32 Å². The third-order valence-electron chi connectivity index (χ3n) is 3.95. The summed E-state index contributed by atoms with van der Waals surface area (Å²) in [4.78, 5) is 16.0. The number of nitrogens with zero attached hydrogens (tertiary/aromatic N) is 2. The highest BCUT2D eigenvalue weighted by Gasteiger charge is 2.19. The number of H-pyrrole nitrogens is 1. The summed E-state index contributed by atoms with van der Waals surface area (Å²) >= 11 is 0. The maximum absolute atomic E-state index is 11.8. The van der Waals surface area contributed by atoms with Crippen LogP contribution in [0.3, 0.4) is 0 Å². The van der Waals surface area contributed by atoms with Crippen molar-refractivity contribution in [3.8, 4) is 0 Å². The quantitative estimate of drug-likeness (QED) is 0.857. The smallest absolute Gasteiger partial charge is 0.290 e. The zero-order valence-corrected chi connectivity index (χ0v) is 11.9. The lowest BCUT2D eigenvalue weighted by Crippen LogP contribution is -2.28. The number of aromatic nitrogens is 3. The summed E-state index contributed by atoms with van der Waals surface area (Å²) in [6.07, 6.45) is 7.14. The van der Waals surface area contributed by atoms with Crippen LogP contribution in [0.5, 0.6) is 0 Å². The molecule has 2 atom stereocenters. The van der Waals surface area contributed by atoms with Crippen LogP contribution in [0.4, 0.5) is 0 Å². The van der Waals surface area contributed by atoms with E-state index in [0.29, 0.717) is 0 Å². The van der Waals surface area contributed by atoms with Crippen LogP contribution < -0.4 is 5.32 Å². The molecule has 0 spiro atoms. The molecule has 1 aromatic rings. The fraction of sp³-hybridized carbons (Fsp3) is 0.786. The van der Waals surface area contributed by atoms with Gasteiger partial charge in [-0.3, -0.25) is 9.89 Å². The third kappa shape index (κ3) is 4.04. The number of amides is 1. The molecule has 2 N–H and O–H groups in total. The van der Waals surface area contributed by atoms with Crippen molar-refractivity contribution in [2.45, 2.75) is 52.4 Å². The number of aryl methyl sites for hydroxylation is 1. The van der Waals surface area contributed by atoms with Crippen molar-refractivity contribution in [1.29, 1.82) is 0 Å². The van der Waals surface area contributed by atoms with Gasteiger partial charge >= 0.3 is 0 Å². The van der Waals surface area contributed by atoms with Crippen LogP contribution in [-0.2, 0) is 6.42 Å². The van der Waals surface area contributed by atoms with Crippen molar-refractivity contribution in [2.24, 2.45) is 11.8 Å². The van der Waals surface area contributed by atoms with Gasteiger partial charge in [-0.05, 0) is 24.7 Å². The molecule has 0 aromatic carbocycles. The summed E-state index contributed by atoms with van der Waals surface area (Å²) in [6, 6.07) is 0. The van der Waals surface area contributed by atoms with Crippen LogP contribution in [0.2, 0.25) is 0 Å². The van der Waals surface area contributed by atoms with Crippen molar-refractivity contribution < 1.29 is 4.79 Å². The molecule has 1 aliphatic rings. The fourth-order valence-corrected chi connectivity index (χ4v) is 2.85. The van der Waals surface area contributed by atoms with E-state index >= 15 is 0 Å². The Bertz CT molecular complexity index is 415. The summed E-state index contributed by atoms with van der Waals surface area (Å²) in [6.45, 7) is 5.03. The van der Waals surface area contributed by atoms with E-state index in [1.54, 1.807) is 0 Å². The van der Waals surface area contributed by atoms with Crippen LogP contribution in [0.1, 0.15) is 62.4 Å². The topological polar surface area (TPSA) is 70.7 Å². The molecular weight excluding hydrogens is 240 g/mol. The molecule has 2 unspecified atom stereocenters. The first kappa shape index (κ1) is 14.0. The molecule has 106 valence electrons. The SMILES string of the molecule is CCc1nc(C(=O)NCCC2CCCC(C)C2)n[nH]1. The predicted molar refractivity (Wildman–Crippen MR) is 73.8 cm³/mol. The lowest BCUT2D eigenvalue weighted by Gasteiger charge is -2.26. The molecule has 1 aromatic heterocycles. The Balaban J connectivity index is 1.71. The van der Waals surface area contributed by atoms with Gasteiger partial charge in [-0.25, -0.2) is 4.98 Å². The molecule has 0 radical (unpaired) electrons. The minimum atomic E-state index is -0.167. The summed E-state index contributed by atoms with van der Waals surface area (Å²) in [5.74, 6) is 2.46. The Morgan fingerprint density at radius 3 is 3.00 bits per heavy atom. The van der Waals surface area contributed by atoms with Gasteiger partial charge in [0.05, 0.1) is 0 Å². The van der Waals surface area contributed by atoms with Gasteiger partial charge in [0.2, 0.25) is 5.82 Å². The standard InChI is InChI=1S/C14H24N4O/c1-3-12-16-13(18-17-12)14(19)15-8-7-11-6-4-5-10(2)9-11/h10-11H,3-9H2,1-2H3,(H,15,19)(H,16,17,18). The molecule has 1 heterocycles. The molecule has 5 nitrogen and oxygen atoms in total. The van der Waals surface area contributed by atoms with Crippen LogP contribution >= 0.6 is 0 Å². The van der Waals surface area contributed by atoms with E-state index in [1.165, 1.54) is 25.7 Å². The van der Waals surface area contributed by atoms with Crippen LogP contribution in [0, 0.1) is 11.8 Å². The Morgan fingerprint density at radius 1 is 1.47 bits per heavy atom. The number of rotatable bonds is 5. The molecule has 1 aliphatic carbocycles. The van der Waals surface area contributed by atoms with E-state index in [-0.39, 0.29) is 11.7 Å². The molecule has 1 fully saturated rings. The highest BCUT2D eigenvalue weighted by atomic mass is 16.2. The van der Waals surface area contributed by atoms with E-state index in [2.05, 4.69) is 27.4 Å². The third-order valence-corrected chi connectivity index (χ3v) is 3.95.